The van der Waals surface area contributed by atoms with E-state index in [1.807, 2.05) is 0 Å². The number of aliphatic carboxylic acids is 1. The summed E-state index contributed by atoms with van der Waals surface area (Å²) < 4.78 is 23.7. The second-order valence-corrected chi connectivity index (χ2v) is 6.70. The lowest BCUT2D eigenvalue weighted by molar-refractivity contribution is -0.271. The molecule has 1 aliphatic rings. The second kappa shape index (κ2) is 9.32. The Morgan fingerprint density at radius 3 is 2.77 bits per heavy atom. The van der Waals surface area contributed by atoms with Crippen LogP contribution in [0.1, 0.15) is 31.7 Å². The molecule has 144 valence electrons. The summed E-state index contributed by atoms with van der Waals surface area (Å²) in [4.78, 5) is 16.3. The van der Waals surface area contributed by atoms with Crippen LogP contribution >= 0.6 is 11.6 Å². The van der Waals surface area contributed by atoms with E-state index in [-0.39, 0.29) is 10.9 Å². The highest BCUT2D eigenvalue weighted by atomic mass is 35.5. The van der Waals surface area contributed by atoms with Gasteiger partial charge in [0.05, 0.1) is 30.5 Å². The fourth-order valence-electron chi connectivity index (χ4n) is 2.42. The van der Waals surface area contributed by atoms with Gasteiger partial charge in [0.1, 0.15) is 5.82 Å². The smallest absolute Gasteiger partial charge is 0.364 e. The summed E-state index contributed by atoms with van der Waals surface area (Å²) >= 11 is 5.73. The molecule has 0 unspecified atom stereocenters. The van der Waals surface area contributed by atoms with Gasteiger partial charge in [0.2, 0.25) is 0 Å². The van der Waals surface area contributed by atoms with E-state index in [0.29, 0.717) is 31.1 Å². The molecule has 0 spiro atoms. The maximum atomic E-state index is 13.1. The third kappa shape index (κ3) is 5.67. The van der Waals surface area contributed by atoms with Crippen molar-refractivity contribution in [1.82, 2.24) is 5.48 Å². The van der Waals surface area contributed by atoms with Crippen LogP contribution in [-0.2, 0) is 19.1 Å². The maximum absolute atomic E-state index is 13.1. The Labute approximate surface area is 156 Å². The summed E-state index contributed by atoms with van der Waals surface area (Å²) in [7, 11) is 0. The quantitative estimate of drug-likeness (QED) is 0.498. The number of hydrogen-bond acceptors (Lipinski definition) is 5. The van der Waals surface area contributed by atoms with Crippen LogP contribution in [0.2, 0.25) is 5.02 Å². The molecule has 0 amide bonds. The minimum absolute atomic E-state index is 0.0290. The average molecular weight is 388 g/mol. The van der Waals surface area contributed by atoms with Crippen molar-refractivity contribution >= 4 is 23.3 Å². The Hall–Kier alpha value is -1.67. The van der Waals surface area contributed by atoms with Gasteiger partial charge in [-0.15, -0.1) is 0 Å². The largest absolute Gasteiger partial charge is 0.477 e. The first-order valence-corrected chi connectivity index (χ1v) is 8.73. The SMILES string of the molecule is C=C(NOCCCCC1COC(C)(C(=O)O)OC1)c1ccc(F)c(Cl)c1. The van der Waals surface area contributed by atoms with Gasteiger partial charge in [0, 0.05) is 18.4 Å². The van der Waals surface area contributed by atoms with Crippen LogP contribution in [0.4, 0.5) is 4.39 Å². The highest BCUT2D eigenvalue weighted by Gasteiger charge is 2.40. The summed E-state index contributed by atoms with van der Waals surface area (Å²) in [5.41, 5.74) is 3.86. The topological polar surface area (TPSA) is 77.0 Å². The number of hydrogen-bond donors (Lipinski definition) is 2. The van der Waals surface area contributed by atoms with Gasteiger partial charge in [0.15, 0.2) is 0 Å². The summed E-state index contributed by atoms with van der Waals surface area (Å²) in [5.74, 6) is -2.96. The van der Waals surface area contributed by atoms with Crippen molar-refractivity contribution in [2.24, 2.45) is 5.92 Å². The Bertz CT molecular complexity index is 646. The fraction of sp³-hybridized carbons (Fsp3) is 0.500. The number of ether oxygens (including phenoxy) is 2. The number of rotatable bonds is 9. The molecule has 0 radical (unpaired) electrons. The van der Waals surface area contributed by atoms with E-state index in [1.165, 1.54) is 19.1 Å². The van der Waals surface area contributed by atoms with Gasteiger partial charge in [0.25, 0.3) is 5.79 Å². The van der Waals surface area contributed by atoms with Crippen LogP contribution in [0, 0.1) is 11.7 Å². The van der Waals surface area contributed by atoms with Crippen LogP contribution < -0.4 is 5.48 Å². The zero-order chi connectivity index (χ0) is 19.2. The van der Waals surface area contributed by atoms with Crippen molar-refractivity contribution < 1.29 is 28.6 Å². The molecule has 0 bridgehead atoms. The number of nitrogens with one attached hydrogen (secondary N) is 1. The number of benzene rings is 1. The number of carboxylic acid groups (broad SMARTS) is 1. The van der Waals surface area contributed by atoms with Crippen LogP contribution in [0.15, 0.2) is 24.8 Å². The molecule has 6 nitrogen and oxygen atoms in total. The van der Waals surface area contributed by atoms with Crippen LogP contribution in [0.3, 0.4) is 0 Å². The van der Waals surface area contributed by atoms with Crippen molar-refractivity contribution in [3.63, 3.8) is 0 Å². The lowest BCUT2D eigenvalue weighted by Gasteiger charge is -2.34. The Balaban J connectivity index is 1.58. The van der Waals surface area contributed by atoms with Crippen LogP contribution in [0.5, 0.6) is 0 Å². The molecule has 2 N–H and O–H groups in total. The molecule has 1 aromatic rings. The Morgan fingerprint density at radius 1 is 1.46 bits per heavy atom. The van der Waals surface area contributed by atoms with Crippen molar-refractivity contribution in [2.75, 3.05) is 19.8 Å². The molecule has 2 rings (SSSR count). The van der Waals surface area contributed by atoms with Gasteiger partial charge in [-0.2, -0.15) is 0 Å². The molecular weight excluding hydrogens is 365 g/mol. The minimum atomic E-state index is -1.53. The van der Waals surface area contributed by atoms with Crippen molar-refractivity contribution in [1.29, 1.82) is 0 Å². The van der Waals surface area contributed by atoms with Crippen molar-refractivity contribution in [2.45, 2.75) is 32.0 Å². The zero-order valence-corrected chi connectivity index (χ0v) is 15.4. The molecule has 1 heterocycles. The highest BCUT2D eigenvalue weighted by Crippen LogP contribution is 2.24. The minimum Gasteiger partial charge on any atom is -0.477 e. The first kappa shape index (κ1) is 20.6. The monoisotopic (exact) mass is 387 g/mol. The molecule has 8 heteroatoms. The number of carboxylic acids is 1. The number of halogens is 2. The molecule has 0 aliphatic carbocycles. The fourth-order valence-corrected chi connectivity index (χ4v) is 2.60. The molecule has 0 aromatic heterocycles. The van der Waals surface area contributed by atoms with Crippen molar-refractivity contribution in [3.05, 3.63) is 41.2 Å². The maximum Gasteiger partial charge on any atom is 0.364 e. The van der Waals surface area contributed by atoms with E-state index in [1.54, 1.807) is 6.07 Å². The Kier molecular flexibility index (Phi) is 7.40. The van der Waals surface area contributed by atoms with E-state index < -0.39 is 17.6 Å². The van der Waals surface area contributed by atoms with Crippen molar-refractivity contribution in [3.8, 4) is 0 Å². The summed E-state index contributed by atoms with van der Waals surface area (Å²) in [6.45, 7) is 6.42. The van der Waals surface area contributed by atoms with E-state index in [0.717, 1.165) is 19.3 Å². The van der Waals surface area contributed by atoms with Gasteiger partial charge in [-0.1, -0.05) is 24.6 Å². The first-order chi connectivity index (χ1) is 12.3. The van der Waals surface area contributed by atoms with Gasteiger partial charge in [-0.25, -0.2) is 9.18 Å². The summed E-state index contributed by atoms with van der Waals surface area (Å²) in [6.07, 6.45) is 2.54. The molecule has 1 aromatic carbocycles. The molecular formula is C18H23ClFNO5. The predicted molar refractivity (Wildman–Crippen MR) is 94.8 cm³/mol. The molecule has 0 saturated carbocycles. The lowest BCUT2D eigenvalue weighted by Crippen LogP contribution is -2.47. The van der Waals surface area contributed by atoms with Gasteiger partial charge in [-0.3, -0.25) is 10.3 Å². The molecule has 26 heavy (non-hydrogen) atoms. The van der Waals surface area contributed by atoms with Gasteiger partial charge >= 0.3 is 5.97 Å². The van der Waals surface area contributed by atoms with Crippen LogP contribution in [0.25, 0.3) is 5.70 Å². The highest BCUT2D eigenvalue weighted by molar-refractivity contribution is 6.30. The van der Waals surface area contributed by atoms with E-state index >= 15 is 0 Å². The predicted octanol–water partition coefficient (Wildman–Crippen LogP) is 3.61. The lowest BCUT2D eigenvalue weighted by atomic mass is 10.0. The normalized spacial score (nSPS) is 22.8. The molecule has 1 saturated heterocycles. The van der Waals surface area contributed by atoms with Crippen LogP contribution in [-0.4, -0.2) is 36.7 Å². The number of unbranched alkanes of at least 4 members (excludes halogenated alkanes) is 1. The molecule has 1 aliphatic heterocycles. The van der Waals surface area contributed by atoms with Gasteiger partial charge in [-0.05, 0) is 31.0 Å². The first-order valence-electron chi connectivity index (χ1n) is 8.35. The number of hydroxylamine groups is 1. The standard InChI is InChI=1S/C18H23ClFNO5/c1-12(14-6-7-16(20)15(19)9-14)21-26-8-4-3-5-13-10-24-18(2,17(22)23)25-11-13/h6-7,9,13,21H,1,3-5,8,10-11H2,2H3,(H,22,23). The van der Waals surface area contributed by atoms with Gasteiger partial charge < -0.3 is 14.6 Å². The molecule has 0 atom stereocenters. The summed E-state index contributed by atoms with van der Waals surface area (Å²) in [6, 6.07) is 4.31. The summed E-state index contributed by atoms with van der Waals surface area (Å²) in [5, 5.41) is 9.04. The second-order valence-electron chi connectivity index (χ2n) is 6.29. The molecule has 1 fully saturated rings. The zero-order valence-electron chi connectivity index (χ0n) is 14.6. The van der Waals surface area contributed by atoms with E-state index in [2.05, 4.69) is 12.1 Å². The Morgan fingerprint density at radius 2 is 2.15 bits per heavy atom. The third-order valence-corrected chi connectivity index (χ3v) is 4.44. The average Bonchev–Trinajstić information content (AvgIpc) is 2.61. The third-order valence-electron chi connectivity index (χ3n) is 4.15. The number of carbonyl (C=O) groups is 1. The van der Waals surface area contributed by atoms with E-state index in [4.69, 9.17) is 31.0 Å². The van der Waals surface area contributed by atoms with E-state index in [9.17, 15) is 9.18 Å².